The van der Waals surface area contributed by atoms with E-state index in [-0.39, 0.29) is 5.91 Å². The van der Waals surface area contributed by atoms with Crippen LogP contribution in [0.25, 0.3) is 0 Å². The van der Waals surface area contributed by atoms with Gasteiger partial charge < -0.3 is 15.0 Å². The second-order valence-electron chi connectivity index (χ2n) is 6.05. The molecule has 0 aliphatic heterocycles. The minimum atomic E-state index is 0.0151. The Balaban J connectivity index is 1.94. The van der Waals surface area contributed by atoms with E-state index in [0.29, 0.717) is 17.9 Å². The van der Waals surface area contributed by atoms with Crippen LogP contribution in [0.4, 0.5) is 5.69 Å². The number of para-hydroxylation sites is 3. The van der Waals surface area contributed by atoms with Crippen LogP contribution in [0.5, 0.6) is 11.5 Å². The molecule has 0 heterocycles. The molecule has 1 N–H and O–H groups in total. The fourth-order valence-corrected chi connectivity index (χ4v) is 2.71. The van der Waals surface area contributed by atoms with Gasteiger partial charge in [0.25, 0.3) is 0 Å². The molecule has 0 fully saturated rings. The molecule has 2 aromatic rings. The van der Waals surface area contributed by atoms with Gasteiger partial charge in [-0.05, 0) is 50.2 Å². The van der Waals surface area contributed by atoms with Crippen molar-refractivity contribution in [2.75, 3.05) is 25.0 Å². The number of nitrogens with one attached hydrogen (secondary N) is 1. The van der Waals surface area contributed by atoms with Crippen molar-refractivity contribution in [1.29, 1.82) is 0 Å². The third-order valence-electron chi connectivity index (χ3n) is 3.87. The number of anilines is 1. The Kier molecular flexibility index (Phi) is 7.99. The molecule has 0 saturated heterocycles. The molecule has 134 valence electrons. The van der Waals surface area contributed by atoms with Crippen molar-refractivity contribution in [2.45, 2.75) is 33.1 Å². The number of nitrogens with zero attached hydrogens (tertiary/aromatic N) is 1. The van der Waals surface area contributed by atoms with E-state index in [4.69, 9.17) is 4.74 Å². The standard InChI is InChI=1S/C21H28N2O2/c1-3-15-23(16-4-2)17-14-21(24)22-19-12-8-9-13-20(19)25-18-10-6-5-7-11-18/h5-13H,3-4,14-17H2,1-2H3,(H,22,24). The second-order valence-corrected chi connectivity index (χ2v) is 6.05. The predicted octanol–water partition coefficient (Wildman–Crippen LogP) is 4.93. The van der Waals surface area contributed by atoms with Crippen molar-refractivity contribution < 1.29 is 9.53 Å². The maximum atomic E-state index is 12.3. The quantitative estimate of drug-likeness (QED) is 0.667. The van der Waals surface area contributed by atoms with E-state index in [1.807, 2.05) is 54.6 Å². The SMILES string of the molecule is CCCN(CCC)CCC(=O)Nc1ccccc1Oc1ccccc1. The van der Waals surface area contributed by atoms with E-state index in [2.05, 4.69) is 24.1 Å². The Morgan fingerprint density at radius 3 is 2.24 bits per heavy atom. The van der Waals surface area contributed by atoms with E-state index >= 15 is 0 Å². The highest BCUT2D eigenvalue weighted by Gasteiger charge is 2.10. The van der Waals surface area contributed by atoms with Crippen molar-refractivity contribution in [2.24, 2.45) is 0 Å². The highest BCUT2D eigenvalue weighted by atomic mass is 16.5. The Morgan fingerprint density at radius 2 is 1.56 bits per heavy atom. The molecule has 0 aromatic heterocycles. The first-order valence-corrected chi connectivity index (χ1v) is 9.07. The summed E-state index contributed by atoms with van der Waals surface area (Å²) >= 11 is 0. The number of carbonyl (C=O) groups excluding carboxylic acids is 1. The van der Waals surface area contributed by atoms with Crippen LogP contribution in [0.15, 0.2) is 54.6 Å². The predicted molar refractivity (Wildman–Crippen MR) is 103 cm³/mol. The van der Waals surface area contributed by atoms with Gasteiger partial charge in [0.1, 0.15) is 5.75 Å². The molecule has 0 atom stereocenters. The number of ether oxygens (including phenoxy) is 1. The van der Waals surface area contributed by atoms with Crippen molar-refractivity contribution in [1.82, 2.24) is 4.90 Å². The monoisotopic (exact) mass is 340 g/mol. The first-order valence-electron chi connectivity index (χ1n) is 9.07. The number of benzene rings is 2. The van der Waals surface area contributed by atoms with Crippen LogP contribution >= 0.6 is 0 Å². The van der Waals surface area contributed by atoms with Gasteiger partial charge in [-0.1, -0.05) is 44.2 Å². The Morgan fingerprint density at radius 1 is 0.920 bits per heavy atom. The van der Waals surface area contributed by atoms with Crippen LogP contribution in [-0.2, 0) is 4.79 Å². The largest absolute Gasteiger partial charge is 0.455 e. The van der Waals surface area contributed by atoms with Gasteiger partial charge in [0.2, 0.25) is 5.91 Å². The van der Waals surface area contributed by atoms with Crippen molar-refractivity contribution in [3.63, 3.8) is 0 Å². The molecule has 0 saturated carbocycles. The van der Waals surface area contributed by atoms with Crippen molar-refractivity contribution in [3.05, 3.63) is 54.6 Å². The van der Waals surface area contributed by atoms with E-state index in [0.717, 1.165) is 38.2 Å². The molecular formula is C21H28N2O2. The number of hydrogen-bond acceptors (Lipinski definition) is 3. The summed E-state index contributed by atoms with van der Waals surface area (Å²) in [4.78, 5) is 14.7. The third kappa shape index (κ3) is 6.59. The lowest BCUT2D eigenvalue weighted by Crippen LogP contribution is -2.29. The number of amides is 1. The lowest BCUT2D eigenvalue weighted by molar-refractivity contribution is -0.116. The molecule has 4 nitrogen and oxygen atoms in total. The van der Waals surface area contributed by atoms with Gasteiger partial charge in [-0.2, -0.15) is 0 Å². The first kappa shape index (κ1) is 19.0. The summed E-state index contributed by atoms with van der Waals surface area (Å²) in [5.74, 6) is 1.42. The summed E-state index contributed by atoms with van der Waals surface area (Å²) in [6, 6.07) is 17.1. The Hall–Kier alpha value is -2.33. The zero-order valence-corrected chi connectivity index (χ0v) is 15.2. The summed E-state index contributed by atoms with van der Waals surface area (Å²) in [5, 5.41) is 2.98. The molecule has 2 aromatic carbocycles. The van der Waals surface area contributed by atoms with E-state index in [1.54, 1.807) is 0 Å². The number of hydrogen-bond donors (Lipinski definition) is 1. The zero-order chi connectivity index (χ0) is 17.9. The lowest BCUT2D eigenvalue weighted by atomic mass is 10.2. The van der Waals surface area contributed by atoms with Crippen molar-refractivity contribution >= 4 is 11.6 Å². The number of rotatable bonds is 10. The Bertz CT molecular complexity index is 637. The van der Waals surface area contributed by atoms with Gasteiger partial charge in [0, 0.05) is 13.0 Å². The highest BCUT2D eigenvalue weighted by Crippen LogP contribution is 2.29. The van der Waals surface area contributed by atoms with Gasteiger partial charge in [-0.3, -0.25) is 4.79 Å². The lowest BCUT2D eigenvalue weighted by Gasteiger charge is -2.20. The summed E-state index contributed by atoms with van der Waals surface area (Å²) in [7, 11) is 0. The average Bonchev–Trinajstić information content (AvgIpc) is 2.63. The topological polar surface area (TPSA) is 41.6 Å². The molecule has 0 aliphatic rings. The molecule has 0 radical (unpaired) electrons. The molecule has 0 bridgehead atoms. The fraction of sp³-hybridized carbons (Fsp3) is 0.381. The van der Waals surface area contributed by atoms with Gasteiger partial charge in [-0.15, -0.1) is 0 Å². The van der Waals surface area contributed by atoms with E-state index in [1.165, 1.54) is 0 Å². The Labute approximate surface area is 150 Å². The average molecular weight is 340 g/mol. The molecule has 1 amide bonds. The second kappa shape index (κ2) is 10.5. The minimum absolute atomic E-state index is 0.0151. The minimum Gasteiger partial charge on any atom is -0.455 e. The molecule has 0 aliphatic carbocycles. The first-order chi connectivity index (χ1) is 12.2. The summed E-state index contributed by atoms with van der Waals surface area (Å²) in [6.07, 6.45) is 2.70. The smallest absolute Gasteiger partial charge is 0.225 e. The van der Waals surface area contributed by atoms with Gasteiger partial charge in [0.15, 0.2) is 5.75 Å². The number of carbonyl (C=O) groups is 1. The van der Waals surface area contributed by atoms with Crippen LogP contribution in [0.1, 0.15) is 33.1 Å². The van der Waals surface area contributed by atoms with Crippen LogP contribution < -0.4 is 10.1 Å². The van der Waals surface area contributed by atoms with Gasteiger partial charge in [0.05, 0.1) is 5.69 Å². The van der Waals surface area contributed by atoms with Crippen molar-refractivity contribution in [3.8, 4) is 11.5 Å². The van der Waals surface area contributed by atoms with E-state index < -0.39 is 0 Å². The third-order valence-corrected chi connectivity index (χ3v) is 3.87. The van der Waals surface area contributed by atoms with Crippen LogP contribution in [-0.4, -0.2) is 30.4 Å². The van der Waals surface area contributed by atoms with Gasteiger partial charge >= 0.3 is 0 Å². The molecule has 25 heavy (non-hydrogen) atoms. The molecule has 2 rings (SSSR count). The molecule has 4 heteroatoms. The van der Waals surface area contributed by atoms with Crippen LogP contribution in [0.2, 0.25) is 0 Å². The summed E-state index contributed by atoms with van der Waals surface area (Å²) in [5.41, 5.74) is 0.703. The van der Waals surface area contributed by atoms with E-state index in [9.17, 15) is 4.79 Å². The zero-order valence-electron chi connectivity index (χ0n) is 15.2. The summed E-state index contributed by atoms with van der Waals surface area (Å²) in [6.45, 7) is 7.19. The molecule has 0 unspecified atom stereocenters. The van der Waals surface area contributed by atoms with Crippen LogP contribution in [0, 0.1) is 0 Å². The van der Waals surface area contributed by atoms with Crippen LogP contribution in [0.3, 0.4) is 0 Å². The molecule has 0 spiro atoms. The maximum Gasteiger partial charge on any atom is 0.225 e. The normalized spacial score (nSPS) is 10.7. The molecular weight excluding hydrogens is 312 g/mol. The maximum absolute atomic E-state index is 12.3. The van der Waals surface area contributed by atoms with Gasteiger partial charge in [-0.25, -0.2) is 0 Å². The fourth-order valence-electron chi connectivity index (χ4n) is 2.71. The highest BCUT2D eigenvalue weighted by molar-refractivity contribution is 5.92. The summed E-state index contributed by atoms with van der Waals surface area (Å²) < 4.78 is 5.89.